The van der Waals surface area contributed by atoms with E-state index in [1.165, 1.54) is 34.8 Å². The van der Waals surface area contributed by atoms with Crippen LogP contribution in [0.3, 0.4) is 0 Å². The summed E-state index contributed by atoms with van der Waals surface area (Å²) >= 11 is 0. The van der Waals surface area contributed by atoms with E-state index in [4.69, 9.17) is 0 Å². The number of phenols is 1. The highest BCUT2D eigenvalue weighted by molar-refractivity contribution is 5.97. The van der Waals surface area contributed by atoms with Crippen molar-refractivity contribution in [3.8, 4) is 5.75 Å². The number of aromatic hydroxyl groups is 1. The molecule has 8 heteroatoms. The van der Waals surface area contributed by atoms with Gasteiger partial charge in [0.2, 0.25) is 5.91 Å². The van der Waals surface area contributed by atoms with Crippen molar-refractivity contribution < 1.29 is 24.6 Å². The number of rotatable bonds is 8. The summed E-state index contributed by atoms with van der Waals surface area (Å²) in [4.78, 5) is 41.2. The standard InChI is InChI=1S/C23H33N3O5/c1-2-19(22(29)30)26(14-12-16-7-3-4-8-16)23(31)25-13-6-11-20(25)21(28)24-17-9-5-10-18(27)15-17/h5,9-10,15-16,19-20,27H,2-4,6-8,11-14H2,1H3,(H,24,28)(H,29,30). The van der Waals surface area contributed by atoms with E-state index < -0.39 is 18.1 Å². The largest absolute Gasteiger partial charge is 0.508 e. The first-order chi connectivity index (χ1) is 14.9. The van der Waals surface area contributed by atoms with Crippen LogP contribution < -0.4 is 5.32 Å². The highest BCUT2D eigenvalue weighted by Crippen LogP contribution is 2.29. The summed E-state index contributed by atoms with van der Waals surface area (Å²) in [5.41, 5.74) is 0.458. The van der Waals surface area contributed by atoms with Gasteiger partial charge in [0.15, 0.2) is 0 Å². The van der Waals surface area contributed by atoms with Crippen molar-refractivity contribution in [3.63, 3.8) is 0 Å². The molecule has 1 aliphatic carbocycles. The molecule has 31 heavy (non-hydrogen) atoms. The molecule has 1 aliphatic heterocycles. The molecule has 1 aromatic carbocycles. The lowest BCUT2D eigenvalue weighted by Gasteiger charge is -2.35. The Hall–Kier alpha value is -2.77. The molecule has 1 aromatic rings. The summed E-state index contributed by atoms with van der Waals surface area (Å²) in [6.07, 6.45) is 6.97. The lowest BCUT2D eigenvalue weighted by molar-refractivity contribution is -0.142. The number of nitrogens with one attached hydrogen (secondary N) is 1. The van der Waals surface area contributed by atoms with Crippen LogP contribution in [0.4, 0.5) is 10.5 Å². The zero-order chi connectivity index (χ0) is 22.4. The van der Waals surface area contributed by atoms with E-state index in [1.54, 1.807) is 19.1 Å². The van der Waals surface area contributed by atoms with Gasteiger partial charge in [0.25, 0.3) is 0 Å². The molecular formula is C23H33N3O5. The van der Waals surface area contributed by atoms with E-state index in [1.807, 2.05) is 0 Å². The topological polar surface area (TPSA) is 110 Å². The first kappa shape index (κ1) is 22.9. The third-order valence-corrected chi connectivity index (χ3v) is 6.46. The average molecular weight is 432 g/mol. The average Bonchev–Trinajstić information content (AvgIpc) is 3.42. The molecule has 1 saturated heterocycles. The maximum Gasteiger partial charge on any atom is 0.326 e. The van der Waals surface area contributed by atoms with Crippen molar-refractivity contribution in [2.75, 3.05) is 18.4 Å². The number of carboxylic acid groups (broad SMARTS) is 1. The summed E-state index contributed by atoms with van der Waals surface area (Å²) in [6.45, 7) is 2.59. The van der Waals surface area contributed by atoms with Crippen molar-refractivity contribution in [1.82, 2.24) is 9.80 Å². The van der Waals surface area contributed by atoms with Gasteiger partial charge in [-0.1, -0.05) is 38.7 Å². The number of hydrogen-bond acceptors (Lipinski definition) is 4. The zero-order valence-corrected chi connectivity index (χ0v) is 18.1. The van der Waals surface area contributed by atoms with Crippen molar-refractivity contribution in [2.45, 2.75) is 70.4 Å². The molecule has 1 heterocycles. The summed E-state index contributed by atoms with van der Waals surface area (Å²) in [5, 5.41) is 22.1. The first-order valence-corrected chi connectivity index (χ1v) is 11.3. The smallest absolute Gasteiger partial charge is 0.326 e. The van der Waals surface area contributed by atoms with Crippen molar-refractivity contribution >= 4 is 23.6 Å². The molecule has 0 spiro atoms. The predicted molar refractivity (Wildman–Crippen MR) is 117 cm³/mol. The minimum Gasteiger partial charge on any atom is -0.508 e. The van der Waals surface area contributed by atoms with Gasteiger partial charge in [-0.3, -0.25) is 4.79 Å². The third kappa shape index (κ3) is 5.68. The molecule has 8 nitrogen and oxygen atoms in total. The summed E-state index contributed by atoms with van der Waals surface area (Å²) in [7, 11) is 0. The quantitative estimate of drug-likeness (QED) is 0.582. The minimum atomic E-state index is -1.01. The Labute approximate surface area is 183 Å². The monoisotopic (exact) mass is 431 g/mol. The molecule has 0 radical (unpaired) electrons. The number of phenolic OH excluding ortho intramolecular Hbond substituents is 1. The van der Waals surface area contributed by atoms with Crippen LogP contribution in [-0.2, 0) is 9.59 Å². The highest BCUT2D eigenvalue weighted by atomic mass is 16.4. The summed E-state index contributed by atoms with van der Waals surface area (Å²) in [6, 6.07) is 4.33. The number of carbonyl (C=O) groups is 3. The lowest BCUT2D eigenvalue weighted by atomic mass is 10.0. The van der Waals surface area contributed by atoms with Gasteiger partial charge in [0, 0.05) is 24.8 Å². The van der Waals surface area contributed by atoms with E-state index in [-0.39, 0.29) is 17.7 Å². The van der Waals surface area contributed by atoms with Gasteiger partial charge < -0.3 is 25.3 Å². The van der Waals surface area contributed by atoms with Crippen LogP contribution in [0, 0.1) is 5.92 Å². The number of anilines is 1. The summed E-state index contributed by atoms with van der Waals surface area (Å²) in [5.74, 6) is -0.759. The number of carboxylic acids is 1. The Balaban J connectivity index is 1.72. The van der Waals surface area contributed by atoms with E-state index in [0.717, 1.165) is 19.3 Å². The van der Waals surface area contributed by atoms with Crippen LogP contribution in [-0.4, -0.2) is 63.1 Å². The van der Waals surface area contributed by atoms with Crippen molar-refractivity contribution in [1.29, 1.82) is 0 Å². The fourth-order valence-electron chi connectivity index (χ4n) is 4.78. The van der Waals surface area contributed by atoms with Gasteiger partial charge in [-0.05, 0) is 43.7 Å². The second kappa shape index (κ2) is 10.5. The Kier molecular flexibility index (Phi) is 7.76. The Bertz CT molecular complexity index is 793. The first-order valence-electron chi connectivity index (χ1n) is 11.3. The molecule has 3 rings (SSSR count). The van der Waals surface area contributed by atoms with Crippen LogP contribution >= 0.6 is 0 Å². The molecule has 170 valence electrons. The molecule has 3 amide bonds. The van der Waals surface area contributed by atoms with Gasteiger partial charge >= 0.3 is 12.0 Å². The van der Waals surface area contributed by atoms with E-state index in [0.29, 0.717) is 44.0 Å². The molecular weight excluding hydrogens is 398 g/mol. The molecule has 0 aromatic heterocycles. The number of likely N-dealkylation sites (tertiary alicyclic amines) is 1. The van der Waals surface area contributed by atoms with Crippen LogP contribution in [0.25, 0.3) is 0 Å². The van der Waals surface area contributed by atoms with Gasteiger partial charge in [-0.15, -0.1) is 0 Å². The third-order valence-electron chi connectivity index (χ3n) is 6.46. The molecule has 2 atom stereocenters. The van der Waals surface area contributed by atoms with Crippen molar-refractivity contribution in [3.05, 3.63) is 24.3 Å². The molecule has 0 bridgehead atoms. The molecule has 2 fully saturated rings. The number of nitrogens with zero attached hydrogens (tertiary/aromatic N) is 2. The number of benzene rings is 1. The second-order valence-corrected chi connectivity index (χ2v) is 8.57. The normalized spacial score (nSPS) is 19.9. The zero-order valence-electron chi connectivity index (χ0n) is 18.1. The van der Waals surface area contributed by atoms with Gasteiger partial charge in [-0.2, -0.15) is 0 Å². The van der Waals surface area contributed by atoms with E-state index in [9.17, 15) is 24.6 Å². The van der Waals surface area contributed by atoms with Gasteiger partial charge in [0.05, 0.1) is 0 Å². The van der Waals surface area contributed by atoms with E-state index >= 15 is 0 Å². The highest BCUT2D eigenvalue weighted by Gasteiger charge is 2.39. The van der Waals surface area contributed by atoms with Gasteiger partial charge in [0.1, 0.15) is 17.8 Å². The van der Waals surface area contributed by atoms with Gasteiger partial charge in [-0.25, -0.2) is 9.59 Å². The fraction of sp³-hybridized carbons (Fsp3) is 0.609. The van der Waals surface area contributed by atoms with Crippen LogP contribution in [0.2, 0.25) is 0 Å². The molecule has 1 saturated carbocycles. The number of urea groups is 1. The number of amides is 3. The second-order valence-electron chi connectivity index (χ2n) is 8.57. The minimum absolute atomic E-state index is 0.0440. The molecule has 3 N–H and O–H groups in total. The van der Waals surface area contributed by atoms with Crippen molar-refractivity contribution in [2.24, 2.45) is 5.92 Å². The SMILES string of the molecule is CCC(C(=O)O)N(CCC1CCCC1)C(=O)N1CCCC1C(=O)Nc1cccc(O)c1. The van der Waals surface area contributed by atoms with Crippen LogP contribution in [0.5, 0.6) is 5.75 Å². The van der Waals surface area contributed by atoms with Crippen LogP contribution in [0.15, 0.2) is 24.3 Å². The number of carbonyl (C=O) groups excluding carboxylic acids is 2. The fourth-order valence-corrected chi connectivity index (χ4v) is 4.78. The number of hydrogen-bond donors (Lipinski definition) is 3. The lowest BCUT2D eigenvalue weighted by Crippen LogP contribution is -2.54. The maximum atomic E-state index is 13.4. The van der Waals surface area contributed by atoms with Crippen LogP contribution in [0.1, 0.15) is 58.3 Å². The Morgan fingerprint density at radius 2 is 1.94 bits per heavy atom. The summed E-state index contributed by atoms with van der Waals surface area (Å²) < 4.78 is 0. The predicted octanol–water partition coefficient (Wildman–Crippen LogP) is 3.66. The Morgan fingerprint density at radius 3 is 2.58 bits per heavy atom. The number of aliphatic carboxylic acids is 1. The molecule has 2 aliphatic rings. The maximum absolute atomic E-state index is 13.4. The Morgan fingerprint density at radius 1 is 1.19 bits per heavy atom. The molecule has 2 unspecified atom stereocenters. The van der Waals surface area contributed by atoms with E-state index in [2.05, 4.69) is 5.32 Å².